The Balaban J connectivity index is 1.03. The Morgan fingerprint density at radius 1 is 0.907 bits per heavy atom. The largest absolute Gasteiger partial charge is 0.510 e. The molecule has 54 heavy (non-hydrogen) atoms. The number of pyridine rings is 1. The lowest BCUT2D eigenvalue weighted by Gasteiger charge is -2.43. The molecular formula is C40H52N8O6. The van der Waals surface area contributed by atoms with Gasteiger partial charge in [-0.05, 0) is 100 Å². The minimum atomic E-state index is -0.831. The third-order valence-electron chi connectivity index (χ3n) is 11.5. The zero-order valence-corrected chi connectivity index (χ0v) is 31.6. The van der Waals surface area contributed by atoms with Crippen LogP contribution in [0.4, 0.5) is 9.59 Å². The van der Waals surface area contributed by atoms with Crippen LogP contribution in [0.1, 0.15) is 55.2 Å². The molecule has 3 aliphatic rings. The highest BCUT2D eigenvalue weighted by Crippen LogP contribution is 2.29. The van der Waals surface area contributed by atoms with E-state index in [0.717, 1.165) is 66.4 Å². The van der Waals surface area contributed by atoms with E-state index in [2.05, 4.69) is 38.4 Å². The lowest BCUT2D eigenvalue weighted by Crippen LogP contribution is -2.59. The van der Waals surface area contributed by atoms with Gasteiger partial charge in [-0.15, -0.1) is 0 Å². The number of benzene rings is 2. The Bertz CT molecular complexity index is 2020. The van der Waals surface area contributed by atoms with Crippen LogP contribution in [-0.2, 0) is 27.4 Å². The number of nitrogens with zero attached hydrogens (tertiary/aromatic N) is 6. The second-order valence-corrected chi connectivity index (χ2v) is 15.0. The number of aromatic amines is 1. The van der Waals surface area contributed by atoms with Crippen molar-refractivity contribution in [2.75, 3.05) is 66.0 Å². The fourth-order valence-corrected chi connectivity index (χ4v) is 8.44. The Morgan fingerprint density at radius 2 is 1.65 bits per heavy atom. The van der Waals surface area contributed by atoms with Crippen LogP contribution in [0.5, 0.6) is 0 Å². The summed E-state index contributed by atoms with van der Waals surface area (Å²) in [7, 11) is 2.17. The molecule has 2 aromatic carbocycles. The molecule has 3 fully saturated rings. The van der Waals surface area contributed by atoms with Gasteiger partial charge in [0.1, 0.15) is 6.04 Å². The number of nitrogens with one attached hydrogen (secondary N) is 2. The van der Waals surface area contributed by atoms with Crippen LogP contribution < -0.4 is 10.9 Å². The maximum absolute atomic E-state index is 14.3. The summed E-state index contributed by atoms with van der Waals surface area (Å²) in [6, 6.07) is 13.0. The first kappa shape index (κ1) is 37.4. The summed E-state index contributed by atoms with van der Waals surface area (Å²) in [5.41, 5.74) is 4.01. The molecule has 3 amide bonds. The third kappa shape index (κ3) is 8.24. The number of ether oxygens (including phenoxy) is 2. The van der Waals surface area contributed by atoms with Crippen LogP contribution >= 0.6 is 0 Å². The molecule has 3 saturated heterocycles. The average molecular weight is 741 g/mol. The molecule has 7 rings (SSSR count). The van der Waals surface area contributed by atoms with Crippen molar-refractivity contribution in [2.24, 2.45) is 0 Å². The number of carbonyl (C=O) groups excluding carboxylic acids is 3. The molecule has 14 nitrogen and oxygen atoms in total. The second-order valence-electron chi connectivity index (χ2n) is 15.0. The van der Waals surface area contributed by atoms with Crippen molar-refractivity contribution < 1.29 is 23.9 Å². The molecule has 14 heteroatoms. The molecule has 288 valence electrons. The van der Waals surface area contributed by atoms with E-state index in [4.69, 9.17) is 9.47 Å². The van der Waals surface area contributed by atoms with Gasteiger partial charge in [0.25, 0.3) is 5.56 Å². The summed E-state index contributed by atoms with van der Waals surface area (Å²) >= 11 is 0. The molecule has 0 saturated carbocycles. The zero-order chi connectivity index (χ0) is 37.8. The normalized spacial score (nSPS) is 18.6. The quantitative estimate of drug-likeness (QED) is 0.243. The number of hydrogen-bond donors (Lipinski definition) is 2. The number of carbonyl (C=O) groups is 3. The predicted octanol–water partition coefficient (Wildman–Crippen LogP) is 4.06. The minimum Gasteiger partial charge on any atom is -0.435 e. The highest BCUT2D eigenvalue weighted by Gasteiger charge is 2.34. The van der Waals surface area contributed by atoms with Crippen molar-refractivity contribution in [1.82, 2.24) is 39.7 Å². The van der Waals surface area contributed by atoms with Gasteiger partial charge in [0.05, 0.1) is 23.8 Å². The van der Waals surface area contributed by atoms with Gasteiger partial charge in [-0.3, -0.25) is 24.2 Å². The molecule has 3 aliphatic heterocycles. The van der Waals surface area contributed by atoms with E-state index in [0.29, 0.717) is 62.6 Å². The Kier molecular flexibility index (Phi) is 11.5. The Morgan fingerprint density at radius 3 is 2.39 bits per heavy atom. The third-order valence-corrected chi connectivity index (χ3v) is 11.5. The predicted molar refractivity (Wildman–Crippen MR) is 205 cm³/mol. The molecule has 0 spiro atoms. The van der Waals surface area contributed by atoms with Crippen LogP contribution in [0.3, 0.4) is 0 Å². The highest BCUT2D eigenvalue weighted by atomic mass is 16.7. The zero-order valence-electron chi connectivity index (χ0n) is 31.6. The van der Waals surface area contributed by atoms with Crippen molar-refractivity contribution in [1.29, 1.82) is 0 Å². The van der Waals surface area contributed by atoms with Crippen LogP contribution in [0.15, 0.2) is 53.5 Å². The lowest BCUT2D eigenvalue weighted by molar-refractivity contribution is -0.135. The fraction of sp³-hybridized carbons (Fsp3) is 0.525. The summed E-state index contributed by atoms with van der Waals surface area (Å²) in [5.74, 6) is -0.157. The van der Waals surface area contributed by atoms with Crippen LogP contribution in [-0.4, -0.2) is 131 Å². The number of piperidine rings is 2. The number of aryl methyl sites for hydroxylation is 1. The maximum Gasteiger partial charge on any atom is 0.510 e. The van der Waals surface area contributed by atoms with Gasteiger partial charge >= 0.3 is 12.2 Å². The van der Waals surface area contributed by atoms with Crippen molar-refractivity contribution in [3.05, 3.63) is 75.7 Å². The fourth-order valence-electron chi connectivity index (χ4n) is 8.44. The van der Waals surface area contributed by atoms with Gasteiger partial charge < -0.3 is 29.5 Å². The SMILES string of the molecule is CCOC(=O)OCn1c(=O)c(C2CCN(C(=O)N[C@H](Cc3cc(C)c4[nH]ncc4c3)C(=O)N3CCN(C4CCN(C)CC4)CC3)CC2)cc2ccccc21. The van der Waals surface area contributed by atoms with Crippen molar-refractivity contribution in [2.45, 2.75) is 70.7 Å². The number of amides is 3. The first-order chi connectivity index (χ1) is 26.2. The molecule has 2 aromatic heterocycles. The van der Waals surface area contributed by atoms with Gasteiger partial charge in [0.2, 0.25) is 5.91 Å². The molecule has 0 radical (unpaired) electrons. The number of urea groups is 1. The van der Waals surface area contributed by atoms with Crippen molar-refractivity contribution in [3.8, 4) is 0 Å². The molecule has 0 unspecified atom stereocenters. The number of piperazine rings is 1. The average Bonchev–Trinajstić information content (AvgIpc) is 3.67. The summed E-state index contributed by atoms with van der Waals surface area (Å²) in [6.07, 6.45) is 4.77. The number of H-pyrrole nitrogens is 1. The monoisotopic (exact) mass is 740 g/mol. The van der Waals surface area contributed by atoms with Crippen LogP contribution in [0.2, 0.25) is 0 Å². The van der Waals surface area contributed by atoms with E-state index in [1.54, 1.807) is 18.0 Å². The number of para-hydroxylation sites is 1. The van der Waals surface area contributed by atoms with Gasteiger partial charge in [0.15, 0.2) is 6.73 Å². The standard InChI is InChI=1S/C40H52N8O6/c1-4-53-40(52)54-26-48-35-8-6-5-7-30(35)24-33(37(48)49)29-9-15-47(16-10-29)39(51)42-34(23-28-21-27(2)36-31(22-28)25-41-43-36)38(50)46-19-17-45(18-20-46)32-11-13-44(3)14-12-32/h5-8,21-22,24-25,29,32,34H,4,9-20,23,26H2,1-3H3,(H,41,43)(H,42,51)/t34-/m1/s1. The van der Waals surface area contributed by atoms with Crippen LogP contribution in [0, 0.1) is 6.92 Å². The number of likely N-dealkylation sites (tertiary alicyclic amines) is 2. The summed E-state index contributed by atoms with van der Waals surface area (Å²) in [6.45, 7) is 9.61. The first-order valence-electron chi connectivity index (χ1n) is 19.3. The smallest absolute Gasteiger partial charge is 0.435 e. The van der Waals surface area contributed by atoms with Gasteiger partial charge in [0, 0.05) is 62.7 Å². The number of aromatic nitrogens is 3. The molecule has 0 aliphatic carbocycles. The van der Waals surface area contributed by atoms with E-state index in [9.17, 15) is 19.2 Å². The molecule has 2 N–H and O–H groups in total. The molecule has 1 atom stereocenters. The van der Waals surface area contributed by atoms with E-state index >= 15 is 0 Å². The van der Waals surface area contributed by atoms with Gasteiger partial charge in [-0.2, -0.15) is 5.10 Å². The molecule has 0 bridgehead atoms. The topological polar surface area (TPSA) is 145 Å². The number of rotatable bonds is 9. The Labute approximate surface area is 315 Å². The molecular weight excluding hydrogens is 688 g/mol. The van der Waals surface area contributed by atoms with E-state index in [1.807, 2.05) is 48.2 Å². The van der Waals surface area contributed by atoms with Crippen molar-refractivity contribution in [3.63, 3.8) is 0 Å². The molecule has 4 aromatic rings. The number of fused-ring (bicyclic) bond motifs is 2. The minimum absolute atomic E-state index is 0.0621. The Hall–Kier alpha value is -4.95. The lowest BCUT2D eigenvalue weighted by atomic mass is 9.89. The number of hydrogen-bond acceptors (Lipinski definition) is 9. The van der Waals surface area contributed by atoms with E-state index < -0.39 is 12.2 Å². The van der Waals surface area contributed by atoms with E-state index in [1.165, 1.54) is 4.57 Å². The van der Waals surface area contributed by atoms with Gasteiger partial charge in [-0.1, -0.05) is 24.3 Å². The van der Waals surface area contributed by atoms with E-state index in [-0.39, 0.29) is 36.8 Å². The second kappa shape index (κ2) is 16.6. The van der Waals surface area contributed by atoms with Crippen LogP contribution in [0.25, 0.3) is 21.8 Å². The summed E-state index contributed by atoms with van der Waals surface area (Å²) < 4.78 is 11.6. The highest BCUT2D eigenvalue weighted by molar-refractivity contribution is 5.88. The van der Waals surface area contributed by atoms with Crippen molar-refractivity contribution >= 4 is 39.9 Å². The summed E-state index contributed by atoms with van der Waals surface area (Å²) in [4.78, 5) is 62.6. The van der Waals surface area contributed by atoms with Gasteiger partial charge in [-0.25, -0.2) is 9.59 Å². The summed E-state index contributed by atoms with van der Waals surface area (Å²) in [5, 5.41) is 12.2. The molecule has 5 heterocycles. The maximum atomic E-state index is 14.3. The first-order valence-corrected chi connectivity index (χ1v) is 19.3.